The standard InChI is InChI=1S/C31H34N4O4S2/c1-4-5-16-32-21(2)27-14-15-28(40-27)41(38)34-17-7-9-22(20-34)30(36)33-25-12-13-26-29-23(25)10-6-11-24(29)31(37)35(26)18-8-19-39-3/h4-6,10-16,22H,1,7-9,17-20H2,2-3H3,(H,33,36)/b16-5-,32-21+. The van der Waals surface area contributed by atoms with Crippen LogP contribution in [0.4, 0.5) is 11.4 Å². The van der Waals surface area contributed by atoms with Crippen molar-refractivity contribution in [3.63, 3.8) is 0 Å². The van der Waals surface area contributed by atoms with Crippen LogP contribution in [-0.4, -0.2) is 59.7 Å². The number of nitrogens with zero attached hydrogens (tertiary/aromatic N) is 3. The van der Waals surface area contributed by atoms with Gasteiger partial charge in [0.1, 0.15) is 0 Å². The van der Waals surface area contributed by atoms with E-state index >= 15 is 0 Å². The normalized spacial score (nSPS) is 18.4. The molecule has 1 saturated heterocycles. The van der Waals surface area contributed by atoms with E-state index in [1.807, 2.05) is 53.7 Å². The number of allylic oxidation sites excluding steroid dienone is 2. The van der Waals surface area contributed by atoms with Crippen molar-refractivity contribution < 1.29 is 18.9 Å². The molecule has 0 radical (unpaired) electrons. The summed E-state index contributed by atoms with van der Waals surface area (Å²) >= 11 is 0.100. The number of nitrogens with one attached hydrogen (secondary N) is 1. The lowest BCUT2D eigenvalue weighted by Crippen LogP contribution is -2.43. The molecule has 8 nitrogen and oxygen atoms in total. The minimum atomic E-state index is -1.36. The van der Waals surface area contributed by atoms with E-state index in [0.29, 0.717) is 37.5 Å². The molecule has 10 heteroatoms. The molecule has 0 bridgehead atoms. The first-order valence-electron chi connectivity index (χ1n) is 13.7. The molecule has 5 rings (SSSR count). The van der Waals surface area contributed by atoms with Gasteiger partial charge in [-0.2, -0.15) is 0 Å². The highest BCUT2D eigenvalue weighted by Gasteiger charge is 2.35. The molecule has 2 amide bonds. The number of benzene rings is 2. The van der Waals surface area contributed by atoms with Gasteiger partial charge in [0.15, 0.2) is 0 Å². The molecule has 3 heterocycles. The zero-order valence-electron chi connectivity index (χ0n) is 23.3. The minimum Gasteiger partial charge on any atom is -0.592 e. The van der Waals surface area contributed by atoms with Gasteiger partial charge < -0.3 is 19.5 Å². The number of hydrogen-bond acceptors (Lipinski definition) is 7. The van der Waals surface area contributed by atoms with E-state index in [9.17, 15) is 14.1 Å². The molecule has 41 heavy (non-hydrogen) atoms. The molecule has 2 aliphatic rings. The predicted molar refractivity (Wildman–Crippen MR) is 167 cm³/mol. The van der Waals surface area contributed by atoms with Gasteiger partial charge in [-0.15, -0.1) is 4.31 Å². The summed E-state index contributed by atoms with van der Waals surface area (Å²) in [5, 5.41) is 4.83. The highest BCUT2D eigenvalue weighted by molar-refractivity contribution is 7.91. The maximum atomic E-state index is 13.5. The van der Waals surface area contributed by atoms with Crippen LogP contribution in [-0.2, 0) is 20.9 Å². The van der Waals surface area contributed by atoms with Crippen molar-refractivity contribution in [2.45, 2.75) is 30.4 Å². The van der Waals surface area contributed by atoms with Crippen LogP contribution in [0.15, 0.2) is 76.6 Å². The number of amides is 2. The van der Waals surface area contributed by atoms with Crippen LogP contribution < -0.4 is 10.2 Å². The van der Waals surface area contributed by atoms with Gasteiger partial charge >= 0.3 is 0 Å². The Morgan fingerprint density at radius 3 is 2.95 bits per heavy atom. The molecule has 0 aliphatic carbocycles. The van der Waals surface area contributed by atoms with Crippen LogP contribution in [0.5, 0.6) is 0 Å². The van der Waals surface area contributed by atoms with E-state index < -0.39 is 11.4 Å². The zero-order chi connectivity index (χ0) is 28.9. The molecule has 1 fully saturated rings. The van der Waals surface area contributed by atoms with E-state index in [1.165, 1.54) is 11.3 Å². The van der Waals surface area contributed by atoms with Gasteiger partial charge in [-0.3, -0.25) is 14.6 Å². The summed E-state index contributed by atoms with van der Waals surface area (Å²) in [6.07, 6.45) is 7.36. The molecule has 214 valence electrons. The third-order valence-electron chi connectivity index (χ3n) is 7.36. The Morgan fingerprint density at radius 2 is 2.15 bits per heavy atom. The number of carbonyl (C=O) groups is 2. The Balaban J connectivity index is 1.28. The average Bonchev–Trinajstić information content (AvgIpc) is 3.59. The quantitative estimate of drug-likeness (QED) is 0.132. The summed E-state index contributed by atoms with van der Waals surface area (Å²) in [5.74, 6) is -0.422. The van der Waals surface area contributed by atoms with Crippen molar-refractivity contribution >= 4 is 62.4 Å². The zero-order valence-corrected chi connectivity index (χ0v) is 24.9. The first kappa shape index (κ1) is 29.2. The van der Waals surface area contributed by atoms with Gasteiger partial charge in [-0.25, -0.2) is 0 Å². The summed E-state index contributed by atoms with van der Waals surface area (Å²) in [7, 11) is 1.65. The molecule has 3 aromatic rings. The average molecular weight is 591 g/mol. The summed E-state index contributed by atoms with van der Waals surface area (Å²) < 4.78 is 21.2. The Kier molecular flexibility index (Phi) is 9.36. The summed E-state index contributed by atoms with van der Waals surface area (Å²) in [4.78, 5) is 33.7. The van der Waals surface area contributed by atoms with E-state index in [2.05, 4.69) is 16.9 Å². The molecular formula is C31H34N4O4S2. The molecule has 0 saturated carbocycles. The second-order valence-corrected chi connectivity index (χ2v) is 12.8. The maximum absolute atomic E-state index is 13.5. The van der Waals surface area contributed by atoms with Crippen LogP contribution in [0.1, 0.15) is 41.4 Å². The fourth-order valence-electron chi connectivity index (χ4n) is 5.30. The lowest BCUT2D eigenvalue weighted by molar-refractivity contribution is -0.120. The monoisotopic (exact) mass is 590 g/mol. The van der Waals surface area contributed by atoms with Crippen molar-refractivity contribution in [2.75, 3.05) is 43.6 Å². The van der Waals surface area contributed by atoms with Crippen molar-refractivity contribution in [3.8, 4) is 0 Å². The molecule has 2 aromatic carbocycles. The lowest BCUT2D eigenvalue weighted by atomic mass is 9.98. The topological polar surface area (TPSA) is 97.3 Å². The van der Waals surface area contributed by atoms with E-state index in [1.54, 1.807) is 30.4 Å². The van der Waals surface area contributed by atoms with Crippen molar-refractivity contribution in [2.24, 2.45) is 10.9 Å². The smallest absolute Gasteiger partial charge is 0.258 e. The Morgan fingerprint density at radius 1 is 1.29 bits per heavy atom. The number of aliphatic imine (C=N–C) groups is 1. The first-order valence-corrected chi connectivity index (χ1v) is 15.6. The van der Waals surface area contributed by atoms with E-state index in [-0.39, 0.29) is 17.7 Å². The summed E-state index contributed by atoms with van der Waals surface area (Å²) in [5.41, 5.74) is 3.04. The number of piperidine rings is 1. The lowest BCUT2D eigenvalue weighted by Gasteiger charge is -2.31. The van der Waals surface area contributed by atoms with E-state index in [4.69, 9.17) is 4.74 Å². The fourth-order valence-corrected chi connectivity index (χ4v) is 7.91. The van der Waals surface area contributed by atoms with Gasteiger partial charge in [0.2, 0.25) is 10.1 Å². The molecule has 2 aliphatic heterocycles. The molecular weight excluding hydrogens is 556 g/mol. The molecule has 1 N–H and O–H groups in total. The Hall–Kier alpha value is -3.28. The Labute approximate surface area is 247 Å². The van der Waals surface area contributed by atoms with Crippen molar-refractivity contribution in [1.29, 1.82) is 0 Å². The molecule has 2 unspecified atom stereocenters. The second-order valence-electron chi connectivity index (χ2n) is 10.0. The predicted octanol–water partition coefficient (Wildman–Crippen LogP) is 5.78. The van der Waals surface area contributed by atoms with Gasteiger partial charge in [0.05, 0.1) is 40.1 Å². The minimum absolute atomic E-state index is 0.0259. The summed E-state index contributed by atoms with van der Waals surface area (Å²) in [6, 6.07) is 13.2. The number of ether oxygens (including phenoxy) is 1. The van der Waals surface area contributed by atoms with Crippen LogP contribution in [0.25, 0.3) is 10.8 Å². The second kappa shape index (κ2) is 13.1. The third kappa shape index (κ3) is 6.17. The number of rotatable bonds is 11. The first-order chi connectivity index (χ1) is 19.9. The largest absolute Gasteiger partial charge is 0.592 e. The van der Waals surface area contributed by atoms with Gasteiger partial charge in [0.25, 0.3) is 5.91 Å². The van der Waals surface area contributed by atoms with Crippen LogP contribution in [0, 0.1) is 5.92 Å². The number of anilines is 2. The van der Waals surface area contributed by atoms with Gasteiger partial charge in [-0.1, -0.05) is 36.1 Å². The summed E-state index contributed by atoms with van der Waals surface area (Å²) in [6.45, 7) is 7.79. The van der Waals surface area contributed by atoms with Gasteiger partial charge in [-0.05, 0) is 56.5 Å². The number of methoxy groups -OCH3 is 1. The maximum Gasteiger partial charge on any atom is 0.258 e. The molecule has 2 atom stereocenters. The van der Waals surface area contributed by atoms with Gasteiger partial charge in [0, 0.05) is 61.1 Å². The molecule has 0 spiro atoms. The van der Waals surface area contributed by atoms with Crippen LogP contribution >= 0.6 is 11.3 Å². The highest BCUT2D eigenvalue weighted by Crippen LogP contribution is 2.41. The SMILES string of the molecule is C=C/C=C\N=C(/C)c1ccc([S+]([O-])N2CCCC(C(=O)Nc3ccc4c5c(cccc35)C(=O)N4CCCOC)C2)s1. The van der Waals surface area contributed by atoms with Crippen molar-refractivity contribution in [1.82, 2.24) is 4.31 Å². The van der Waals surface area contributed by atoms with Crippen LogP contribution in [0.3, 0.4) is 0 Å². The van der Waals surface area contributed by atoms with E-state index in [0.717, 1.165) is 50.5 Å². The molecule has 1 aromatic heterocycles. The fraction of sp³-hybridized carbons (Fsp3) is 0.323. The Bertz CT molecular complexity index is 1520. The van der Waals surface area contributed by atoms with Crippen molar-refractivity contribution in [3.05, 3.63) is 77.8 Å². The number of thiophene rings is 1. The highest BCUT2D eigenvalue weighted by atomic mass is 32.2. The third-order valence-corrected chi connectivity index (χ3v) is 10.3. The number of carbonyl (C=O) groups excluding carboxylic acids is 2. The van der Waals surface area contributed by atoms with Crippen LogP contribution in [0.2, 0.25) is 0 Å². The number of hydrogen-bond donors (Lipinski definition) is 1.